The Hall–Kier alpha value is -1.79. The summed E-state index contributed by atoms with van der Waals surface area (Å²) in [5.41, 5.74) is 1.24. The van der Waals surface area contributed by atoms with Crippen molar-refractivity contribution in [2.24, 2.45) is 0 Å². The Bertz CT molecular complexity index is 364. The minimum Gasteiger partial charge on any atom is -0.508 e. The monoisotopic (exact) mass is 175 g/mol. The van der Waals surface area contributed by atoms with E-state index >= 15 is 0 Å². The van der Waals surface area contributed by atoms with Gasteiger partial charge in [-0.05, 0) is 23.8 Å². The fourth-order valence-electron chi connectivity index (χ4n) is 0.969. The van der Waals surface area contributed by atoms with Crippen molar-refractivity contribution < 1.29 is 10.2 Å². The standard InChI is InChI=1S/C10H9NO2/c11-5-1-2-8-3-4-10(13)9(6-8)7-12/h1-4,6,12-13H,7H2. The highest BCUT2D eigenvalue weighted by atomic mass is 16.3. The number of nitriles is 1. The lowest BCUT2D eigenvalue weighted by atomic mass is 10.1. The summed E-state index contributed by atoms with van der Waals surface area (Å²) in [6.45, 7) is -0.208. The van der Waals surface area contributed by atoms with Crippen molar-refractivity contribution in [3.63, 3.8) is 0 Å². The van der Waals surface area contributed by atoms with Gasteiger partial charge in [-0.1, -0.05) is 6.07 Å². The second kappa shape index (κ2) is 4.29. The molecule has 0 saturated heterocycles. The minimum absolute atomic E-state index is 0.0663. The van der Waals surface area contributed by atoms with Crippen LogP contribution in [0.4, 0.5) is 0 Å². The predicted octanol–water partition coefficient (Wildman–Crippen LogP) is 1.42. The van der Waals surface area contributed by atoms with Crippen molar-refractivity contribution in [1.29, 1.82) is 5.26 Å². The summed E-state index contributed by atoms with van der Waals surface area (Å²) >= 11 is 0. The molecule has 0 heterocycles. The number of nitrogens with zero attached hydrogens (tertiary/aromatic N) is 1. The lowest BCUT2D eigenvalue weighted by molar-refractivity contribution is 0.275. The first-order valence-electron chi connectivity index (χ1n) is 3.77. The maximum Gasteiger partial charge on any atom is 0.121 e. The molecular formula is C10H9NO2. The molecule has 0 aliphatic heterocycles. The summed E-state index contributed by atoms with van der Waals surface area (Å²) in [7, 11) is 0. The SMILES string of the molecule is N#CC=Cc1ccc(O)c(CO)c1. The van der Waals surface area contributed by atoms with Gasteiger partial charge < -0.3 is 10.2 Å². The number of aromatic hydroxyl groups is 1. The van der Waals surface area contributed by atoms with Gasteiger partial charge in [-0.2, -0.15) is 5.26 Å². The van der Waals surface area contributed by atoms with E-state index in [0.29, 0.717) is 5.56 Å². The number of allylic oxidation sites excluding steroid dienone is 1. The van der Waals surface area contributed by atoms with Gasteiger partial charge >= 0.3 is 0 Å². The van der Waals surface area contributed by atoms with Crippen LogP contribution in [0.15, 0.2) is 24.3 Å². The molecule has 0 atom stereocenters. The average Bonchev–Trinajstić information content (AvgIpc) is 2.16. The zero-order valence-electron chi connectivity index (χ0n) is 6.94. The predicted molar refractivity (Wildman–Crippen MR) is 48.7 cm³/mol. The van der Waals surface area contributed by atoms with Crippen LogP contribution in [0, 0.1) is 11.3 Å². The van der Waals surface area contributed by atoms with Crippen molar-refractivity contribution >= 4 is 6.08 Å². The van der Waals surface area contributed by atoms with Gasteiger partial charge in [-0.25, -0.2) is 0 Å². The summed E-state index contributed by atoms with van der Waals surface area (Å²) in [4.78, 5) is 0. The highest BCUT2D eigenvalue weighted by Gasteiger charge is 1.98. The molecule has 0 amide bonds. The van der Waals surface area contributed by atoms with E-state index in [-0.39, 0.29) is 12.4 Å². The first kappa shape index (κ1) is 9.30. The number of rotatable bonds is 2. The normalized spacial score (nSPS) is 10.2. The van der Waals surface area contributed by atoms with Gasteiger partial charge in [0.25, 0.3) is 0 Å². The molecule has 2 N–H and O–H groups in total. The maximum atomic E-state index is 9.21. The Kier molecular flexibility index (Phi) is 3.07. The molecule has 0 aliphatic rings. The summed E-state index contributed by atoms with van der Waals surface area (Å²) in [5, 5.41) is 26.3. The number of hydrogen-bond acceptors (Lipinski definition) is 3. The third-order valence-corrected chi connectivity index (χ3v) is 1.62. The lowest BCUT2D eigenvalue weighted by Gasteiger charge is -2.01. The Balaban J connectivity index is 3.01. The highest BCUT2D eigenvalue weighted by molar-refractivity contribution is 5.54. The Morgan fingerprint density at radius 3 is 2.85 bits per heavy atom. The van der Waals surface area contributed by atoms with Gasteiger partial charge in [-0.15, -0.1) is 0 Å². The van der Waals surface area contributed by atoms with Gasteiger partial charge in [0, 0.05) is 11.6 Å². The average molecular weight is 175 g/mol. The number of hydrogen-bond donors (Lipinski definition) is 2. The van der Waals surface area contributed by atoms with E-state index in [1.165, 1.54) is 12.1 Å². The third kappa shape index (κ3) is 2.32. The van der Waals surface area contributed by atoms with Gasteiger partial charge in [0.15, 0.2) is 0 Å². The van der Waals surface area contributed by atoms with Crippen LogP contribution in [0.1, 0.15) is 11.1 Å². The van der Waals surface area contributed by atoms with E-state index in [2.05, 4.69) is 0 Å². The van der Waals surface area contributed by atoms with E-state index in [9.17, 15) is 5.11 Å². The zero-order valence-corrected chi connectivity index (χ0v) is 6.94. The molecule has 0 aromatic heterocycles. The fourth-order valence-corrected chi connectivity index (χ4v) is 0.969. The lowest BCUT2D eigenvalue weighted by Crippen LogP contribution is -1.84. The Labute approximate surface area is 76.2 Å². The largest absolute Gasteiger partial charge is 0.508 e. The van der Waals surface area contributed by atoms with E-state index in [1.54, 1.807) is 18.2 Å². The van der Waals surface area contributed by atoms with Crippen molar-refractivity contribution in [3.8, 4) is 11.8 Å². The Morgan fingerprint density at radius 1 is 1.46 bits per heavy atom. The minimum atomic E-state index is -0.208. The molecule has 0 bridgehead atoms. The zero-order chi connectivity index (χ0) is 9.68. The first-order chi connectivity index (χ1) is 6.27. The van der Waals surface area contributed by atoms with Gasteiger partial charge in [-0.3, -0.25) is 0 Å². The summed E-state index contributed by atoms with van der Waals surface area (Å²) in [5.74, 6) is 0.0663. The fraction of sp³-hybridized carbons (Fsp3) is 0.100. The molecule has 0 fully saturated rings. The first-order valence-corrected chi connectivity index (χ1v) is 3.77. The van der Waals surface area contributed by atoms with Crippen LogP contribution in [-0.4, -0.2) is 10.2 Å². The molecule has 13 heavy (non-hydrogen) atoms. The molecule has 0 unspecified atom stereocenters. The van der Waals surface area contributed by atoms with Gasteiger partial charge in [0.1, 0.15) is 5.75 Å². The quantitative estimate of drug-likeness (QED) is 0.668. The molecule has 1 rings (SSSR count). The molecule has 1 aromatic rings. The molecule has 0 spiro atoms. The molecule has 66 valence electrons. The van der Waals surface area contributed by atoms with E-state index in [4.69, 9.17) is 10.4 Å². The van der Waals surface area contributed by atoms with Crippen LogP contribution in [0.25, 0.3) is 6.08 Å². The highest BCUT2D eigenvalue weighted by Crippen LogP contribution is 2.18. The molecule has 3 nitrogen and oxygen atoms in total. The molecule has 0 radical (unpaired) electrons. The summed E-state index contributed by atoms with van der Waals surface area (Å²) in [6, 6.07) is 6.65. The van der Waals surface area contributed by atoms with E-state index < -0.39 is 0 Å². The van der Waals surface area contributed by atoms with E-state index in [0.717, 1.165) is 5.56 Å². The summed E-state index contributed by atoms with van der Waals surface area (Å²) in [6.07, 6.45) is 2.95. The summed E-state index contributed by atoms with van der Waals surface area (Å²) < 4.78 is 0. The second-order valence-electron chi connectivity index (χ2n) is 2.51. The topological polar surface area (TPSA) is 64.2 Å². The van der Waals surface area contributed by atoms with Crippen molar-refractivity contribution in [3.05, 3.63) is 35.4 Å². The Morgan fingerprint density at radius 2 is 2.23 bits per heavy atom. The van der Waals surface area contributed by atoms with Crippen LogP contribution in [0.3, 0.4) is 0 Å². The van der Waals surface area contributed by atoms with Crippen LogP contribution in [0.5, 0.6) is 5.75 Å². The number of aliphatic hydroxyl groups is 1. The van der Waals surface area contributed by atoms with Gasteiger partial charge in [0.05, 0.1) is 12.7 Å². The third-order valence-electron chi connectivity index (χ3n) is 1.62. The van der Waals surface area contributed by atoms with Gasteiger partial charge in [0.2, 0.25) is 0 Å². The van der Waals surface area contributed by atoms with Crippen LogP contribution < -0.4 is 0 Å². The van der Waals surface area contributed by atoms with E-state index in [1.807, 2.05) is 6.07 Å². The molecule has 0 aliphatic carbocycles. The van der Waals surface area contributed by atoms with Crippen LogP contribution >= 0.6 is 0 Å². The molecular weight excluding hydrogens is 166 g/mol. The molecule has 0 saturated carbocycles. The van der Waals surface area contributed by atoms with Crippen molar-refractivity contribution in [2.75, 3.05) is 0 Å². The smallest absolute Gasteiger partial charge is 0.121 e. The number of aliphatic hydroxyl groups excluding tert-OH is 1. The van der Waals surface area contributed by atoms with Crippen molar-refractivity contribution in [1.82, 2.24) is 0 Å². The number of phenols is 1. The maximum absolute atomic E-state index is 9.21. The van der Waals surface area contributed by atoms with Crippen LogP contribution in [-0.2, 0) is 6.61 Å². The molecule has 3 heteroatoms. The van der Waals surface area contributed by atoms with Crippen LogP contribution in [0.2, 0.25) is 0 Å². The van der Waals surface area contributed by atoms with Crippen molar-refractivity contribution in [2.45, 2.75) is 6.61 Å². The second-order valence-corrected chi connectivity index (χ2v) is 2.51. The number of benzene rings is 1. The molecule has 1 aromatic carbocycles.